The summed E-state index contributed by atoms with van der Waals surface area (Å²) in [7, 11) is 0. The number of nitrogens with one attached hydrogen (secondary N) is 2. The first-order valence-electron chi connectivity index (χ1n) is 6.55. The van der Waals surface area contributed by atoms with E-state index in [1.807, 2.05) is 0 Å². The van der Waals surface area contributed by atoms with Crippen LogP contribution in [0.5, 0.6) is 0 Å². The van der Waals surface area contributed by atoms with E-state index in [0.717, 1.165) is 25.7 Å². The van der Waals surface area contributed by atoms with Crippen LogP contribution in [0.3, 0.4) is 0 Å². The van der Waals surface area contributed by atoms with Crippen molar-refractivity contribution in [1.29, 1.82) is 0 Å². The smallest absolute Gasteiger partial charge is 0.315 e. The minimum Gasteiger partial charge on any atom is -0.481 e. The van der Waals surface area contributed by atoms with E-state index in [2.05, 4.69) is 17.6 Å². The Labute approximate surface area is 108 Å². The molecule has 0 aromatic carbocycles. The highest BCUT2D eigenvalue weighted by molar-refractivity contribution is 5.77. The summed E-state index contributed by atoms with van der Waals surface area (Å²) in [4.78, 5) is 22.6. The molecule has 5 heteroatoms. The van der Waals surface area contributed by atoms with Crippen molar-refractivity contribution in [2.45, 2.75) is 70.4 Å². The Bertz CT molecular complexity index is 320. The van der Waals surface area contributed by atoms with Crippen molar-refractivity contribution in [2.75, 3.05) is 0 Å². The minimum absolute atomic E-state index is 0.0862. The number of rotatable bonds is 4. The van der Waals surface area contributed by atoms with Gasteiger partial charge in [0, 0.05) is 11.1 Å². The highest BCUT2D eigenvalue weighted by Gasteiger charge is 2.30. The third-order valence-corrected chi connectivity index (χ3v) is 3.42. The molecule has 0 aromatic heterocycles. The Hall–Kier alpha value is -1.26. The second-order valence-electron chi connectivity index (χ2n) is 6.15. The Kier molecular flexibility index (Phi) is 4.59. The summed E-state index contributed by atoms with van der Waals surface area (Å²) in [5.41, 5.74) is -0.886. The predicted molar refractivity (Wildman–Crippen MR) is 69.5 cm³/mol. The molecule has 0 heterocycles. The predicted octanol–water partition coefficient (Wildman–Crippen LogP) is 2.26. The molecule has 1 rings (SSSR count). The van der Waals surface area contributed by atoms with Crippen LogP contribution < -0.4 is 10.6 Å². The SMILES string of the molecule is CC(C)(CC(=O)O)NC(=O)NC1(C)CCCCC1. The van der Waals surface area contributed by atoms with Gasteiger partial charge in [0.25, 0.3) is 0 Å². The number of carboxylic acid groups (broad SMARTS) is 1. The monoisotopic (exact) mass is 256 g/mol. The molecule has 0 bridgehead atoms. The summed E-state index contributed by atoms with van der Waals surface area (Å²) in [6.45, 7) is 5.48. The molecule has 2 amide bonds. The Morgan fingerprint density at radius 3 is 2.28 bits per heavy atom. The normalized spacial score (nSPS) is 19.1. The number of carboxylic acids is 1. The first kappa shape index (κ1) is 14.8. The van der Waals surface area contributed by atoms with Crippen LogP contribution in [-0.4, -0.2) is 28.2 Å². The topological polar surface area (TPSA) is 78.4 Å². The molecule has 0 saturated heterocycles. The molecule has 18 heavy (non-hydrogen) atoms. The highest BCUT2D eigenvalue weighted by Crippen LogP contribution is 2.27. The zero-order valence-electron chi connectivity index (χ0n) is 11.5. The zero-order chi connectivity index (χ0) is 13.8. The molecule has 0 unspecified atom stereocenters. The molecule has 1 aliphatic carbocycles. The zero-order valence-corrected chi connectivity index (χ0v) is 11.5. The fraction of sp³-hybridized carbons (Fsp3) is 0.846. The van der Waals surface area contributed by atoms with Crippen LogP contribution in [0, 0.1) is 0 Å². The largest absolute Gasteiger partial charge is 0.481 e. The van der Waals surface area contributed by atoms with Crippen molar-refractivity contribution >= 4 is 12.0 Å². The van der Waals surface area contributed by atoms with E-state index in [0.29, 0.717) is 0 Å². The van der Waals surface area contributed by atoms with E-state index in [1.165, 1.54) is 6.42 Å². The third-order valence-electron chi connectivity index (χ3n) is 3.42. The highest BCUT2D eigenvalue weighted by atomic mass is 16.4. The van der Waals surface area contributed by atoms with Gasteiger partial charge in [0.05, 0.1) is 6.42 Å². The quantitative estimate of drug-likeness (QED) is 0.722. The summed E-state index contributed by atoms with van der Waals surface area (Å²) >= 11 is 0. The standard InChI is InChI=1S/C13H24N2O3/c1-12(2,9-10(16)17)14-11(18)15-13(3)7-5-4-6-8-13/h4-9H2,1-3H3,(H,16,17)(H2,14,15,18). The van der Waals surface area contributed by atoms with Gasteiger partial charge in [0.2, 0.25) is 0 Å². The van der Waals surface area contributed by atoms with Crippen LogP contribution >= 0.6 is 0 Å². The third kappa shape index (κ3) is 4.94. The van der Waals surface area contributed by atoms with Gasteiger partial charge < -0.3 is 15.7 Å². The van der Waals surface area contributed by atoms with Gasteiger partial charge in [-0.2, -0.15) is 0 Å². The van der Waals surface area contributed by atoms with Crippen LogP contribution in [0.25, 0.3) is 0 Å². The summed E-state index contributed by atoms with van der Waals surface area (Å²) in [6, 6.07) is -0.273. The van der Waals surface area contributed by atoms with Gasteiger partial charge in [-0.15, -0.1) is 0 Å². The maximum atomic E-state index is 11.9. The molecular formula is C13H24N2O3. The molecular weight excluding hydrogens is 232 g/mol. The Morgan fingerprint density at radius 1 is 1.22 bits per heavy atom. The van der Waals surface area contributed by atoms with Crippen molar-refractivity contribution in [3.63, 3.8) is 0 Å². The molecule has 0 aliphatic heterocycles. The lowest BCUT2D eigenvalue weighted by molar-refractivity contribution is -0.138. The number of hydrogen-bond donors (Lipinski definition) is 3. The van der Waals surface area contributed by atoms with Gasteiger partial charge >= 0.3 is 12.0 Å². The lowest BCUT2D eigenvalue weighted by Crippen LogP contribution is -2.56. The number of hydrogen-bond acceptors (Lipinski definition) is 2. The Morgan fingerprint density at radius 2 is 1.78 bits per heavy atom. The number of carbonyl (C=O) groups is 2. The van der Waals surface area contributed by atoms with Crippen molar-refractivity contribution in [3.05, 3.63) is 0 Å². The van der Waals surface area contributed by atoms with Crippen molar-refractivity contribution < 1.29 is 14.7 Å². The molecule has 1 saturated carbocycles. The fourth-order valence-electron chi connectivity index (χ4n) is 2.49. The van der Waals surface area contributed by atoms with Crippen LogP contribution in [0.15, 0.2) is 0 Å². The van der Waals surface area contributed by atoms with E-state index in [1.54, 1.807) is 13.8 Å². The van der Waals surface area contributed by atoms with Crippen molar-refractivity contribution in [2.24, 2.45) is 0 Å². The summed E-state index contributed by atoms with van der Waals surface area (Å²) in [6.07, 6.45) is 5.38. The van der Waals surface area contributed by atoms with E-state index < -0.39 is 11.5 Å². The van der Waals surface area contributed by atoms with E-state index >= 15 is 0 Å². The maximum absolute atomic E-state index is 11.9. The molecule has 5 nitrogen and oxygen atoms in total. The summed E-state index contributed by atoms with van der Waals surface area (Å²) < 4.78 is 0. The van der Waals surface area contributed by atoms with E-state index in [9.17, 15) is 9.59 Å². The summed E-state index contributed by atoms with van der Waals surface area (Å²) in [5, 5.41) is 14.5. The summed E-state index contributed by atoms with van der Waals surface area (Å²) in [5.74, 6) is -0.913. The van der Waals surface area contributed by atoms with Gasteiger partial charge in [0.1, 0.15) is 0 Å². The molecule has 104 valence electrons. The first-order chi connectivity index (χ1) is 8.22. The van der Waals surface area contributed by atoms with E-state index in [-0.39, 0.29) is 18.0 Å². The second-order valence-corrected chi connectivity index (χ2v) is 6.15. The minimum atomic E-state index is -0.913. The van der Waals surface area contributed by atoms with Crippen LogP contribution in [0.1, 0.15) is 59.3 Å². The van der Waals surface area contributed by atoms with Gasteiger partial charge in [-0.25, -0.2) is 4.79 Å². The first-order valence-corrected chi connectivity index (χ1v) is 6.55. The van der Waals surface area contributed by atoms with Gasteiger partial charge in [0.15, 0.2) is 0 Å². The average Bonchev–Trinajstić information content (AvgIpc) is 2.13. The molecule has 0 spiro atoms. The van der Waals surface area contributed by atoms with E-state index in [4.69, 9.17) is 5.11 Å². The van der Waals surface area contributed by atoms with Gasteiger partial charge in [-0.05, 0) is 33.6 Å². The Balaban J connectivity index is 2.47. The fourth-order valence-corrected chi connectivity index (χ4v) is 2.49. The molecule has 1 aliphatic rings. The molecule has 0 atom stereocenters. The maximum Gasteiger partial charge on any atom is 0.315 e. The molecule has 0 radical (unpaired) electrons. The lowest BCUT2D eigenvalue weighted by Gasteiger charge is -2.36. The molecule has 1 fully saturated rings. The number of amides is 2. The number of carbonyl (C=O) groups excluding carboxylic acids is 1. The second kappa shape index (κ2) is 5.59. The molecule has 0 aromatic rings. The number of urea groups is 1. The van der Waals surface area contributed by atoms with Crippen molar-refractivity contribution in [1.82, 2.24) is 10.6 Å². The van der Waals surface area contributed by atoms with Crippen molar-refractivity contribution in [3.8, 4) is 0 Å². The average molecular weight is 256 g/mol. The molecule has 3 N–H and O–H groups in total. The van der Waals surface area contributed by atoms with Crippen LogP contribution in [-0.2, 0) is 4.79 Å². The van der Waals surface area contributed by atoms with Gasteiger partial charge in [-0.1, -0.05) is 19.3 Å². The van der Waals surface area contributed by atoms with Crippen LogP contribution in [0.4, 0.5) is 4.79 Å². The number of aliphatic carboxylic acids is 1. The van der Waals surface area contributed by atoms with Gasteiger partial charge in [-0.3, -0.25) is 4.79 Å². The lowest BCUT2D eigenvalue weighted by atomic mass is 9.83. The van der Waals surface area contributed by atoms with Crippen LogP contribution in [0.2, 0.25) is 0 Å².